The van der Waals surface area contributed by atoms with Crippen molar-refractivity contribution in [2.24, 2.45) is 7.05 Å². The maximum Gasteiger partial charge on any atom is 0.335 e. The molecule has 1 aromatic heterocycles. The fourth-order valence-corrected chi connectivity index (χ4v) is 4.19. The molecule has 3 aromatic rings. The third-order valence-corrected chi connectivity index (χ3v) is 5.81. The van der Waals surface area contributed by atoms with E-state index in [2.05, 4.69) is 0 Å². The fourth-order valence-electron chi connectivity index (χ4n) is 4.19. The van der Waals surface area contributed by atoms with Crippen LogP contribution in [0.3, 0.4) is 0 Å². The van der Waals surface area contributed by atoms with Crippen molar-refractivity contribution in [3.05, 3.63) is 79.5 Å². The van der Waals surface area contributed by atoms with Crippen LogP contribution in [-0.4, -0.2) is 25.8 Å². The second kappa shape index (κ2) is 9.40. The quantitative estimate of drug-likeness (QED) is 0.364. The first kappa shape index (κ1) is 23.9. The molecule has 2 aromatic carbocycles. The van der Waals surface area contributed by atoms with Gasteiger partial charge in [-0.05, 0) is 49.6 Å². The first-order valence-electron chi connectivity index (χ1n) is 11.0. The topological polar surface area (TPSA) is 98.4 Å². The van der Waals surface area contributed by atoms with E-state index in [1.165, 1.54) is 22.8 Å². The van der Waals surface area contributed by atoms with Gasteiger partial charge in [0.05, 0.1) is 16.6 Å². The fraction of sp³-hybridized carbons (Fsp3) is 0.308. The van der Waals surface area contributed by atoms with E-state index in [1.807, 2.05) is 45.9 Å². The van der Waals surface area contributed by atoms with Gasteiger partial charge in [0.1, 0.15) is 11.3 Å². The highest BCUT2D eigenvalue weighted by atomic mass is 16.3. The first-order valence-corrected chi connectivity index (χ1v) is 11.0. The van der Waals surface area contributed by atoms with Gasteiger partial charge in [-0.1, -0.05) is 32.0 Å². The van der Waals surface area contributed by atoms with Crippen LogP contribution in [0.25, 0.3) is 22.3 Å². The molecule has 1 heterocycles. The van der Waals surface area contributed by atoms with Crippen LogP contribution in [-0.2, 0) is 16.6 Å². The summed E-state index contributed by atoms with van der Waals surface area (Å²) in [6.07, 6.45) is 0.869. The molecular formula is C26H28N2O5. The summed E-state index contributed by atoms with van der Waals surface area (Å²) in [5.74, 6) is -1.23. The van der Waals surface area contributed by atoms with Crippen molar-refractivity contribution in [1.29, 1.82) is 0 Å². The van der Waals surface area contributed by atoms with E-state index in [-0.39, 0.29) is 29.4 Å². The van der Waals surface area contributed by atoms with Crippen molar-refractivity contribution in [2.45, 2.75) is 47.0 Å². The standard InChI is InChI=1S/C24H22N2O5.C2H6/c1-13-6-4-7-14(2)21(13)26-23(30)16-12-15(10-11-17(16)25(3)24(26)31)22(29)20-18(27)8-5-9-19(20)28;1-2/h4,6-7,10-12,29H,5,8-9H2,1-3H3;1-2H3. The minimum Gasteiger partial charge on any atom is -0.506 e. The van der Waals surface area contributed by atoms with Crippen molar-refractivity contribution < 1.29 is 14.7 Å². The lowest BCUT2D eigenvalue weighted by molar-refractivity contribution is -0.123. The summed E-state index contributed by atoms with van der Waals surface area (Å²) < 4.78 is 2.49. The number of carbonyl (C=O) groups is 2. The summed E-state index contributed by atoms with van der Waals surface area (Å²) in [6, 6.07) is 9.97. The molecule has 1 fully saturated rings. The number of aryl methyl sites for hydroxylation is 3. The molecule has 7 nitrogen and oxygen atoms in total. The minimum absolute atomic E-state index is 0.190. The van der Waals surface area contributed by atoms with Crippen molar-refractivity contribution in [3.63, 3.8) is 0 Å². The Morgan fingerprint density at radius 1 is 0.909 bits per heavy atom. The zero-order valence-corrected chi connectivity index (χ0v) is 19.6. The van der Waals surface area contributed by atoms with Crippen LogP contribution in [0.15, 0.2) is 51.6 Å². The van der Waals surface area contributed by atoms with Crippen LogP contribution in [0.5, 0.6) is 0 Å². The molecule has 0 aliphatic heterocycles. The van der Waals surface area contributed by atoms with Crippen LogP contribution in [0.4, 0.5) is 0 Å². The van der Waals surface area contributed by atoms with Gasteiger partial charge in [0.25, 0.3) is 5.56 Å². The molecule has 172 valence electrons. The number of aliphatic hydroxyl groups is 1. The van der Waals surface area contributed by atoms with E-state index in [0.717, 1.165) is 15.7 Å². The monoisotopic (exact) mass is 448 g/mol. The molecule has 1 N–H and O–H groups in total. The Balaban J connectivity index is 0.00000149. The summed E-state index contributed by atoms with van der Waals surface area (Å²) >= 11 is 0. The number of benzene rings is 2. The zero-order chi connectivity index (χ0) is 24.4. The van der Waals surface area contributed by atoms with E-state index in [1.54, 1.807) is 7.05 Å². The number of allylic oxidation sites excluding steroid dienone is 1. The lowest BCUT2D eigenvalue weighted by Crippen LogP contribution is -2.38. The Morgan fingerprint density at radius 2 is 1.48 bits per heavy atom. The van der Waals surface area contributed by atoms with Gasteiger partial charge < -0.3 is 5.11 Å². The van der Waals surface area contributed by atoms with Crippen molar-refractivity contribution in [2.75, 3.05) is 0 Å². The van der Waals surface area contributed by atoms with Gasteiger partial charge >= 0.3 is 5.69 Å². The number of fused-ring (bicyclic) bond motifs is 1. The Hall–Kier alpha value is -3.74. The molecule has 1 saturated carbocycles. The molecule has 7 heteroatoms. The average Bonchev–Trinajstić information content (AvgIpc) is 2.80. The van der Waals surface area contributed by atoms with Gasteiger partial charge in [0.2, 0.25) is 0 Å². The number of aliphatic hydroxyl groups excluding tert-OH is 1. The van der Waals surface area contributed by atoms with Gasteiger partial charge in [-0.25, -0.2) is 9.36 Å². The third kappa shape index (κ3) is 4.06. The summed E-state index contributed by atoms with van der Waals surface area (Å²) in [4.78, 5) is 50.9. The minimum atomic E-state index is -0.531. The van der Waals surface area contributed by atoms with Crippen LogP contribution < -0.4 is 11.2 Å². The third-order valence-electron chi connectivity index (χ3n) is 5.81. The molecule has 0 radical (unpaired) electrons. The SMILES string of the molecule is CC.Cc1cccc(C)c1-n1c(=O)c2cc(C(O)=C3C(=O)CCCC3=O)ccc2n(C)c1=O. The van der Waals surface area contributed by atoms with Crippen LogP contribution >= 0.6 is 0 Å². The molecule has 4 rings (SSSR count). The summed E-state index contributed by atoms with van der Waals surface area (Å²) in [5, 5.41) is 10.9. The van der Waals surface area contributed by atoms with Gasteiger partial charge in [-0.15, -0.1) is 0 Å². The van der Waals surface area contributed by atoms with Crippen LogP contribution in [0.1, 0.15) is 49.8 Å². The van der Waals surface area contributed by atoms with Crippen molar-refractivity contribution >= 4 is 28.2 Å². The molecule has 0 unspecified atom stereocenters. The Labute approximate surface area is 191 Å². The predicted molar refractivity (Wildman–Crippen MR) is 129 cm³/mol. The molecular weight excluding hydrogens is 420 g/mol. The number of hydrogen-bond donors (Lipinski definition) is 1. The highest BCUT2D eigenvalue weighted by Crippen LogP contribution is 2.26. The molecule has 0 spiro atoms. The Bertz CT molecular complexity index is 1380. The maximum absolute atomic E-state index is 13.4. The average molecular weight is 449 g/mol. The molecule has 33 heavy (non-hydrogen) atoms. The van der Waals surface area contributed by atoms with Gasteiger partial charge in [0, 0.05) is 25.5 Å². The molecule has 0 bridgehead atoms. The second-order valence-electron chi connectivity index (χ2n) is 7.88. The van der Waals surface area contributed by atoms with E-state index in [9.17, 15) is 24.3 Å². The smallest absolute Gasteiger partial charge is 0.335 e. The maximum atomic E-state index is 13.4. The molecule has 0 amide bonds. The number of rotatable bonds is 2. The van der Waals surface area contributed by atoms with Crippen molar-refractivity contribution in [3.8, 4) is 5.69 Å². The summed E-state index contributed by atoms with van der Waals surface area (Å²) in [7, 11) is 1.57. The van der Waals surface area contributed by atoms with Crippen LogP contribution in [0, 0.1) is 13.8 Å². The highest BCUT2D eigenvalue weighted by molar-refractivity contribution is 6.25. The van der Waals surface area contributed by atoms with Crippen molar-refractivity contribution in [1.82, 2.24) is 9.13 Å². The van der Waals surface area contributed by atoms with Gasteiger partial charge in [-0.3, -0.25) is 19.0 Å². The first-order chi connectivity index (χ1) is 15.7. The summed E-state index contributed by atoms with van der Waals surface area (Å²) in [5.41, 5.74) is 1.41. The predicted octanol–water partition coefficient (Wildman–Crippen LogP) is 3.92. The Kier molecular flexibility index (Phi) is 6.81. The lowest BCUT2D eigenvalue weighted by atomic mass is 9.89. The number of nitrogens with zero attached hydrogens (tertiary/aromatic N) is 2. The number of Topliss-reactive ketones (excluding diaryl/α,β-unsaturated/α-hetero) is 2. The lowest BCUT2D eigenvalue weighted by Gasteiger charge is -2.16. The van der Waals surface area contributed by atoms with Crippen LogP contribution in [0.2, 0.25) is 0 Å². The number of para-hydroxylation sites is 1. The van der Waals surface area contributed by atoms with E-state index in [4.69, 9.17) is 0 Å². The van der Waals surface area contributed by atoms with Gasteiger partial charge in [0.15, 0.2) is 11.6 Å². The second-order valence-corrected chi connectivity index (χ2v) is 7.88. The zero-order valence-electron chi connectivity index (χ0n) is 19.6. The highest BCUT2D eigenvalue weighted by Gasteiger charge is 2.28. The van der Waals surface area contributed by atoms with E-state index >= 15 is 0 Å². The molecule has 0 saturated heterocycles. The van der Waals surface area contributed by atoms with E-state index in [0.29, 0.717) is 17.6 Å². The number of hydrogen-bond acceptors (Lipinski definition) is 5. The summed E-state index contributed by atoms with van der Waals surface area (Å²) in [6.45, 7) is 7.65. The van der Waals surface area contributed by atoms with E-state index < -0.39 is 28.6 Å². The largest absolute Gasteiger partial charge is 0.506 e. The number of aromatic nitrogens is 2. The number of ketones is 2. The molecule has 1 aliphatic rings. The molecule has 1 aliphatic carbocycles. The molecule has 0 atom stereocenters. The number of carbonyl (C=O) groups excluding carboxylic acids is 2. The normalized spacial score (nSPS) is 13.7. The van der Waals surface area contributed by atoms with Gasteiger partial charge in [-0.2, -0.15) is 0 Å². The Morgan fingerprint density at radius 3 is 2.06 bits per heavy atom.